The zero-order valence-corrected chi connectivity index (χ0v) is 10.6. The fourth-order valence-electron chi connectivity index (χ4n) is 1.40. The number of aromatic carboxylic acids is 1. The minimum atomic E-state index is -1.07. The first-order chi connectivity index (χ1) is 9.16. The SMILES string of the molecule is O=C(COc1ccccc1)Nc1sccc1C(=O)O. The molecule has 5 nitrogen and oxygen atoms in total. The van der Waals surface area contributed by atoms with Gasteiger partial charge in [0.05, 0.1) is 5.56 Å². The highest BCUT2D eigenvalue weighted by molar-refractivity contribution is 7.14. The Kier molecular flexibility index (Phi) is 4.15. The summed E-state index contributed by atoms with van der Waals surface area (Å²) in [5, 5.41) is 13.3. The number of hydrogen-bond donors (Lipinski definition) is 2. The number of nitrogens with one attached hydrogen (secondary N) is 1. The van der Waals surface area contributed by atoms with Crippen LogP contribution in [0.1, 0.15) is 10.4 Å². The van der Waals surface area contributed by atoms with Crippen molar-refractivity contribution in [1.82, 2.24) is 0 Å². The van der Waals surface area contributed by atoms with Crippen molar-refractivity contribution in [3.63, 3.8) is 0 Å². The van der Waals surface area contributed by atoms with E-state index < -0.39 is 11.9 Å². The number of carboxylic acids is 1. The number of carbonyl (C=O) groups excluding carboxylic acids is 1. The van der Waals surface area contributed by atoms with Gasteiger partial charge in [0.1, 0.15) is 10.8 Å². The molecule has 0 fully saturated rings. The second-order valence-corrected chi connectivity index (χ2v) is 4.53. The first-order valence-corrected chi connectivity index (χ1v) is 6.33. The molecule has 19 heavy (non-hydrogen) atoms. The van der Waals surface area contributed by atoms with E-state index in [0.717, 1.165) is 11.3 Å². The fourth-order valence-corrected chi connectivity index (χ4v) is 2.20. The Bertz CT molecular complexity index is 579. The average Bonchev–Trinajstić information content (AvgIpc) is 2.86. The summed E-state index contributed by atoms with van der Waals surface area (Å²) in [6.45, 7) is -0.166. The van der Waals surface area contributed by atoms with E-state index in [4.69, 9.17) is 9.84 Å². The van der Waals surface area contributed by atoms with Crippen LogP contribution in [0.4, 0.5) is 5.00 Å². The zero-order valence-electron chi connectivity index (χ0n) is 9.83. The number of carbonyl (C=O) groups is 2. The molecule has 0 bridgehead atoms. The van der Waals surface area contributed by atoms with Crippen LogP contribution < -0.4 is 10.1 Å². The highest BCUT2D eigenvalue weighted by Gasteiger charge is 2.13. The molecule has 0 saturated heterocycles. The van der Waals surface area contributed by atoms with Crippen LogP contribution in [0.3, 0.4) is 0 Å². The Morgan fingerprint density at radius 2 is 1.95 bits per heavy atom. The minimum Gasteiger partial charge on any atom is -0.484 e. The Labute approximate surface area is 113 Å². The van der Waals surface area contributed by atoms with E-state index in [0.29, 0.717) is 10.8 Å². The summed E-state index contributed by atoms with van der Waals surface area (Å²) in [4.78, 5) is 22.5. The second kappa shape index (κ2) is 6.01. The van der Waals surface area contributed by atoms with Gasteiger partial charge in [0, 0.05) is 0 Å². The van der Waals surface area contributed by atoms with E-state index in [2.05, 4.69) is 5.32 Å². The number of anilines is 1. The number of carboxylic acid groups (broad SMARTS) is 1. The molecular weight excluding hydrogens is 266 g/mol. The van der Waals surface area contributed by atoms with Gasteiger partial charge in [-0.15, -0.1) is 11.3 Å². The molecule has 0 unspecified atom stereocenters. The predicted octanol–water partition coefficient (Wildman–Crippen LogP) is 2.46. The standard InChI is InChI=1S/C13H11NO4S/c15-11(8-18-9-4-2-1-3-5-9)14-12-10(13(16)17)6-7-19-12/h1-7H,8H2,(H,14,15)(H,16,17). The topological polar surface area (TPSA) is 75.6 Å². The summed E-state index contributed by atoms with van der Waals surface area (Å²) < 4.78 is 5.26. The van der Waals surface area contributed by atoms with Crippen molar-refractivity contribution < 1.29 is 19.4 Å². The van der Waals surface area contributed by atoms with Gasteiger partial charge in [0.2, 0.25) is 0 Å². The molecule has 0 aliphatic carbocycles. The first kappa shape index (κ1) is 13.1. The summed E-state index contributed by atoms with van der Waals surface area (Å²) in [7, 11) is 0. The van der Waals surface area contributed by atoms with E-state index in [1.54, 1.807) is 29.6 Å². The van der Waals surface area contributed by atoms with Gasteiger partial charge >= 0.3 is 5.97 Å². The third kappa shape index (κ3) is 3.56. The van der Waals surface area contributed by atoms with Gasteiger partial charge in [-0.05, 0) is 23.6 Å². The van der Waals surface area contributed by atoms with Gasteiger partial charge < -0.3 is 15.2 Å². The van der Waals surface area contributed by atoms with Crippen LogP contribution in [-0.2, 0) is 4.79 Å². The summed E-state index contributed by atoms with van der Waals surface area (Å²) in [6.07, 6.45) is 0. The van der Waals surface area contributed by atoms with Crippen molar-refractivity contribution in [2.75, 3.05) is 11.9 Å². The number of benzene rings is 1. The number of thiophene rings is 1. The van der Waals surface area contributed by atoms with Crippen molar-refractivity contribution in [1.29, 1.82) is 0 Å². The Hall–Kier alpha value is -2.34. The molecule has 1 aromatic carbocycles. The molecule has 0 spiro atoms. The first-order valence-electron chi connectivity index (χ1n) is 5.45. The lowest BCUT2D eigenvalue weighted by Crippen LogP contribution is -2.20. The summed E-state index contributed by atoms with van der Waals surface area (Å²) in [5.41, 5.74) is 0.0815. The van der Waals surface area contributed by atoms with Gasteiger partial charge in [0.25, 0.3) is 5.91 Å². The molecule has 0 atom stereocenters. The van der Waals surface area contributed by atoms with Crippen LogP contribution >= 0.6 is 11.3 Å². The number of hydrogen-bond acceptors (Lipinski definition) is 4. The van der Waals surface area contributed by atoms with E-state index >= 15 is 0 Å². The van der Waals surface area contributed by atoms with E-state index in [-0.39, 0.29) is 12.2 Å². The minimum absolute atomic E-state index is 0.0815. The summed E-state index contributed by atoms with van der Waals surface area (Å²) in [6, 6.07) is 10.4. The third-order valence-electron chi connectivity index (χ3n) is 2.26. The quantitative estimate of drug-likeness (QED) is 0.880. The van der Waals surface area contributed by atoms with Gasteiger partial charge in [-0.3, -0.25) is 4.79 Å². The summed E-state index contributed by atoms with van der Waals surface area (Å²) in [5.74, 6) is -0.878. The van der Waals surface area contributed by atoms with Crippen molar-refractivity contribution in [3.05, 3.63) is 47.3 Å². The normalized spacial score (nSPS) is 9.89. The van der Waals surface area contributed by atoms with Crippen LogP contribution in [0.2, 0.25) is 0 Å². The molecule has 2 rings (SSSR count). The van der Waals surface area contributed by atoms with Gasteiger partial charge in [-0.1, -0.05) is 18.2 Å². The van der Waals surface area contributed by atoms with E-state index in [9.17, 15) is 9.59 Å². The Morgan fingerprint density at radius 1 is 1.21 bits per heavy atom. The molecule has 0 aliphatic rings. The number of amides is 1. The Balaban J connectivity index is 1.91. The smallest absolute Gasteiger partial charge is 0.338 e. The molecule has 1 amide bonds. The predicted molar refractivity (Wildman–Crippen MR) is 71.8 cm³/mol. The average molecular weight is 277 g/mol. The van der Waals surface area contributed by atoms with Crippen LogP contribution in [0.5, 0.6) is 5.75 Å². The van der Waals surface area contributed by atoms with Crippen molar-refractivity contribution in [2.45, 2.75) is 0 Å². The van der Waals surface area contributed by atoms with Gasteiger partial charge in [-0.25, -0.2) is 4.79 Å². The second-order valence-electron chi connectivity index (χ2n) is 3.62. The van der Waals surface area contributed by atoms with Crippen molar-refractivity contribution in [3.8, 4) is 5.75 Å². The molecule has 6 heteroatoms. The molecule has 0 radical (unpaired) electrons. The summed E-state index contributed by atoms with van der Waals surface area (Å²) >= 11 is 1.16. The largest absolute Gasteiger partial charge is 0.484 e. The van der Waals surface area contributed by atoms with Crippen molar-refractivity contribution in [2.24, 2.45) is 0 Å². The monoisotopic (exact) mass is 277 g/mol. The lowest BCUT2D eigenvalue weighted by molar-refractivity contribution is -0.118. The maximum Gasteiger partial charge on any atom is 0.338 e. The lowest BCUT2D eigenvalue weighted by Gasteiger charge is -2.06. The molecule has 1 heterocycles. The molecular formula is C13H11NO4S. The molecule has 98 valence electrons. The molecule has 2 aromatic rings. The van der Waals surface area contributed by atoms with Gasteiger partial charge in [0.15, 0.2) is 6.61 Å². The van der Waals surface area contributed by atoms with Crippen LogP contribution in [0.15, 0.2) is 41.8 Å². The molecule has 2 N–H and O–H groups in total. The molecule has 1 aromatic heterocycles. The zero-order chi connectivity index (χ0) is 13.7. The number of para-hydroxylation sites is 1. The van der Waals surface area contributed by atoms with E-state index in [1.165, 1.54) is 6.07 Å². The number of rotatable bonds is 5. The van der Waals surface area contributed by atoms with Crippen LogP contribution in [0, 0.1) is 0 Å². The van der Waals surface area contributed by atoms with Crippen LogP contribution in [-0.4, -0.2) is 23.6 Å². The van der Waals surface area contributed by atoms with Crippen molar-refractivity contribution >= 4 is 28.2 Å². The third-order valence-corrected chi connectivity index (χ3v) is 3.09. The maximum absolute atomic E-state index is 11.6. The molecule has 0 aliphatic heterocycles. The lowest BCUT2D eigenvalue weighted by atomic mass is 10.3. The Morgan fingerprint density at radius 3 is 2.63 bits per heavy atom. The van der Waals surface area contributed by atoms with Gasteiger partial charge in [-0.2, -0.15) is 0 Å². The number of ether oxygens (including phenoxy) is 1. The molecule has 0 saturated carbocycles. The highest BCUT2D eigenvalue weighted by Crippen LogP contribution is 2.23. The maximum atomic E-state index is 11.6. The van der Waals surface area contributed by atoms with E-state index in [1.807, 2.05) is 6.07 Å². The van der Waals surface area contributed by atoms with Crippen LogP contribution in [0.25, 0.3) is 0 Å². The highest BCUT2D eigenvalue weighted by atomic mass is 32.1. The fraction of sp³-hybridized carbons (Fsp3) is 0.0769.